The fourth-order valence-electron chi connectivity index (χ4n) is 4.78. The van der Waals surface area contributed by atoms with Crippen LogP contribution in [-0.2, 0) is 9.59 Å². The second kappa shape index (κ2) is 9.77. The van der Waals surface area contributed by atoms with Crippen LogP contribution in [-0.4, -0.2) is 67.6 Å². The summed E-state index contributed by atoms with van der Waals surface area (Å²) in [4.78, 5) is 34.3. The van der Waals surface area contributed by atoms with Gasteiger partial charge in [-0.15, -0.1) is 0 Å². The molecule has 166 valence electrons. The van der Waals surface area contributed by atoms with E-state index in [1.54, 1.807) is 4.90 Å². The number of amides is 1. The van der Waals surface area contributed by atoms with Crippen LogP contribution in [0.5, 0.6) is 0 Å². The van der Waals surface area contributed by atoms with Gasteiger partial charge in [0.25, 0.3) is 0 Å². The maximum absolute atomic E-state index is 12.8. The molecule has 1 aromatic heterocycles. The lowest BCUT2D eigenvalue weighted by molar-refractivity contribution is -0.901. The number of piperazine rings is 1. The molecule has 7 nitrogen and oxygen atoms in total. The predicted molar refractivity (Wildman–Crippen MR) is 114 cm³/mol. The fraction of sp³-hybridized carbons (Fsp3) is 0.696. The highest BCUT2D eigenvalue weighted by Crippen LogP contribution is 2.31. The van der Waals surface area contributed by atoms with Crippen LogP contribution in [0.1, 0.15) is 40.0 Å². The summed E-state index contributed by atoms with van der Waals surface area (Å²) in [7, 11) is 0. The minimum atomic E-state index is -0.975. The molecule has 7 heteroatoms. The molecule has 0 saturated carbocycles. The summed E-state index contributed by atoms with van der Waals surface area (Å²) < 4.78 is 0. The van der Waals surface area contributed by atoms with Crippen LogP contribution < -0.4 is 14.9 Å². The number of piperidine rings is 1. The Balaban J connectivity index is 1.54. The zero-order chi connectivity index (χ0) is 21.7. The Morgan fingerprint density at radius 2 is 1.90 bits per heavy atom. The van der Waals surface area contributed by atoms with Crippen molar-refractivity contribution in [3.63, 3.8) is 0 Å². The van der Waals surface area contributed by atoms with Gasteiger partial charge in [-0.05, 0) is 36.8 Å². The molecule has 0 unspecified atom stereocenters. The van der Waals surface area contributed by atoms with Crippen molar-refractivity contribution in [2.45, 2.75) is 40.0 Å². The molecule has 0 spiro atoms. The molecule has 0 aromatic carbocycles. The molecule has 3 rings (SSSR count). The van der Waals surface area contributed by atoms with Crippen molar-refractivity contribution < 1.29 is 19.6 Å². The number of carbonyl (C=O) groups excluding carboxylic acids is 2. The maximum Gasteiger partial charge on any atom is 0.227 e. The van der Waals surface area contributed by atoms with Crippen molar-refractivity contribution in [2.75, 3.05) is 50.7 Å². The monoisotopic (exact) mass is 416 g/mol. The van der Waals surface area contributed by atoms with Gasteiger partial charge in [0.1, 0.15) is 5.82 Å². The number of carbonyl (C=O) groups is 2. The van der Waals surface area contributed by atoms with Crippen molar-refractivity contribution in [3.05, 3.63) is 24.4 Å². The molecule has 2 saturated heterocycles. The summed E-state index contributed by atoms with van der Waals surface area (Å²) in [5.41, 5.74) is -0.404. The third kappa shape index (κ3) is 5.94. The summed E-state index contributed by atoms with van der Waals surface area (Å²) in [6.45, 7) is 12.2. The van der Waals surface area contributed by atoms with E-state index < -0.39 is 11.4 Å². The first-order chi connectivity index (χ1) is 14.2. The van der Waals surface area contributed by atoms with E-state index in [0.29, 0.717) is 13.1 Å². The summed E-state index contributed by atoms with van der Waals surface area (Å²) in [5.74, 6) is 0.555. The number of anilines is 1. The maximum atomic E-state index is 12.8. The van der Waals surface area contributed by atoms with Crippen LogP contribution in [0.25, 0.3) is 0 Å². The van der Waals surface area contributed by atoms with Crippen LogP contribution in [0.3, 0.4) is 0 Å². The number of quaternary nitrogens is 1. The van der Waals surface area contributed by atoms with E-state index in [9.17, 15) is 14.7 Å². The normalized spacial score (nSPS) is 23.4. The number of aromatic nitrogens is 1. The van der Waals surface area contributed by atoms with Crippen LogP contribution in [0.15, 0.2) is 24.4 Å². The third-order valence-electron chi connectivity index (χ3n) is 6.56. The summed E-state index contributed by atoms with van der Waals surface area (Å²) in [6, 6.07) is 6.01. The van der Waals surface area contributed by atoms with Gasteiger partial charge in [-0.3, -0.25) is 4.79 Å². The Kier molecular flexibility index (Phi) is 7.34. The number of rotatable bonds is 6. The Morgan fingerprint density at radius 1 is 1.17 bits per heavy atom. The molecule has 2 atom stereocenters. The predicted octanol–water partition coefficient (Wildman–Crippen LogP) is -0.173. The number of hydrogen-bond donors (Lipinski definition) is 1. The third-order valence-corrected chi connectivity index (χ3v) is 6.56. The molecule has 1 amide bonds. The number of hydrogen-bond acceptors (Lipinski definition) is 5. The van der Waals surface area contributed by atoms with Gasteiger partial charge in [0.2, 0.25) is 5.91 Å². The molecule has 0 radical (unpaired) electrons. The Morgan fingerprint density at radius 3 is 2.50 bits per heavy atom. The number of pyridine rings is 1. The number of nitrogens with one attached hydrogen (secondary N) is 1. The van der Waals surface area contributed by atoms with E-state index >= 15 is 0 Å². The topological polar surface area (TPSA) is 81.0 Å². The van der Waals surface area contributed by atoms with Gasteiger partial charge < -0.3 is 24.6 Å². The van der Waals surface area contributed by atoms with Crippen LogP contribution in [0, 0.1) is 17.3 Å². The van der Waals surface area contributed by atoms with Gasteiger partial charge in [-0.1, -0.05) is 26.8 Å². The van der Waals surface area contributed by atoms with E-state index in [4.69, 9.17) is 0 Å². The van der Waals surface area contributed by atoms with Gasteiger partial charge in [0.15, 0.2) is 0 Å². The first kappa shape index (κ1) is 22.5. The average molecular weight is 417 g/mol. The number of carboxylic acids is 1. The lowest BCUT2D eigenvalue weighted by Crippen LogP contribution is -3.15. The number of carboxylic acid groups (broad SMARTS) is 1. The van der Waals surface area contributed by atoms with Crippen LogP contribution in [0.2, 0.25) is 0 Å². The molecule has 30 heavy (non-hydrogen) atoms. The highest BCUT2D eigenvalue weighted by atomic mass is 16.4. The van der Waals surface area contributed by atoms with Crippen LogP contribution in [0.4, 0.5) is 5.82 Å². The Bertz CT molecular complexity index is 711. The SMILES string of the molecule is CC(C)(C)C(=O)N1CC[C@@H](CC(=O)[O-])[C@@H](CC[NH+]2CCN(c3ccccn3)CC2)C1. The van der Waals surface area contributed by atoms with Gasteiger partial charge in [-0.25, -0.2) is 4.98 Å². The minimum absolute atomic E-state index is 0.102. The lowest BCUT2D eigenvalue weighted by atomic mass is 9.80. The zero-order valence-corrected chi connectivity index (χ0v) is 18.6. The molecular weight excluding hydrogens is 380 g/mol. The molecule has 3 heterocycles. The van der Waals surface area contributed by atoms with Crippen molar-refractivity contribution in [1.29, 1.82) is 0 Å². The molecule has 1 aromatic rings. The molecule has 2 fully saturated rings. The molecule has 2 aliphatic heterocycles. The van der Waals surface area contributed by atoms with E-state index in [1.165, 1.54) is 0 Å². The largest absolute Gasteiger partial charge is 0.550 e. The Hall–Kier alpha value is -2.15. The quantitative estimate of drug-likeness (QED) is 0.696. The van der Waals surface area contributed by atoms with Gasteiger partial charge in [0.05, 0.1) is 32.7 Å². The average Bonchev–Trinajstić information content (AvgIpc) is 2.72. The molecule has 2 aliphatic rings. The summed E-state index contributed by atoms with van der Waals surface area (Å²) >= 11 is 0. The number of aliphatic carboxylic acids is 1. The smallest absolute Gasteiger partial charge is 0.227 e. The van der Waals surface area contributed by atoms with Crippen molar-refractivity contribution >= 4 is 17.7 Å². The van der Waals surface area contributed by atoms with Crippen molar-refractivity contribution in [2.24, 2.45) is 17.3 Å². The molecule has 0 bridgehead atoms. The second-order valence-electron chi connectivity index (χ2n) is 9.85. The van der Waals surface area contributed by atoms with Crippen molar-refractivity contribution in [1.82, 2.24) is 9.88 Å². The van der Waals surface area contributed by atoms with Gasteiger partial charge >= 0.3 is 0 Å². The fourth-order valence-corrected chi connectivity index (χ4v) is 4.78. The van der Waals surface area contributed by atoms with E-state index in [-0.39, 0.29) is 24.2 Å². The molecule has 1 N–H and O–H groups in total. The first-order valence-corrected chi connectivity index (χ1v) is 11.2. The van der Waals surface area contributed by atoms with Gasteiger partial charge in [0, 0.05) is 37.1 Å². The van der Waals surface area contributed by atoms with Gasteiger partial charge in [-0.2, -0.15) is 0 Å². The number of likely N-dealkylation sites (tertiary alicyclic amines) is 1. The highest BCUT2D eigenvalue weighted by Gasteiger charge is 2.36. The zero-order valence-electron chi connectivity index (χ0n) is 18.6. The standard InChI is InChI=1S/C23H36N4O3/c1-23(2,3)22(30)27-11-8-18(16-21(28)29)19(17-27)7-10-25-12-14-26(15-13-25)20-6-4-5-9-24-20/h4-6,9,18-19H,7-8,10-17H2,1-3H3,(H,28,29)/t18-,19-/m0/s1. The summed E-state index contributed by atoms with van der Waals surface area (Å²) in [5, 5.41) is 11.3. The molecule has 0 aliphatic carbocycles. The minimum Gasteiger partial charge on any atom is -0.550 e. The van der Waals surface area contributed by atoms with E-state index in [2.05, 4.69) is 16.0 Å². The molecular formula is C23H36N4O3. The Labute approximate surface area is 180 Å². The lowest BCUT2D eigenvalue weighted by Gasteiger charge is -2.42. The van der Waals surface area contributed by atoms with Crippen molar-refractivity contribution in [3.8, 4) is 0 Å². The number of nitrogens with zero attached hydrogens (tertiary/aromatic N) is 3. The highest BCUT2D eigenvalue weighted by molar-refractivity contribution is 5.81. The second-order valence-corrected chi connectivity index (χ2v) is 9.85. The van der Waals surface area contributed by atoms with E-state index in [1.807, 2.05) is 44.0 Å². The first-order valence-electron chi connectivity index (χ1n) is 11.2. The van der Waals surface area contributed by atoms with Crippen LogP contribution >= 0.6 is 0 Å². The van der Waals surface area contributed by atoms with E-state index in [0.717, 1.165) is 51.4 Å². The summed E-state index contributed by atoms with van der Waals surface area (Å²) in [6.07, 6.45) is 3.64.